The molecule has 0 fully saturated rings. The van der Waals surface area contributed by atoms with Crippen LogP contribution in [0.5, 0.6) is 11.5 Å². The molecule has 3 aromatic heterocycles. The Hall–Kier alpha value is -9.26. The molecule has 0 amide bonds. The smallest absolute Gasteiger partial charge is 0.270 e. The van der Waals surface area contributed by atoms with Crippen molar-refractivity contribution in [2.45, 2.75) is 52.4 Å². The van der Waals surface area contributed by atoms with Crippen LogP contribution >= 0.6 is 0 Å². The third kappa shape index (κ3) is 8.23. The molecule has 0 atom stereocenters. The van der Waals surface area contributed by atoms with Gasteiger partial charge in [0.2, 0.25) is 0 Å². The molecule has 3 heterocycles. The molecule has 76 heavy (non-hydrogen) atoms. The maximum Gasteiger partial charge on any atom is 0.270 e. The minimum Gasteiger partial charge on any atom is -0.460 e. The number of fused-ring (bicyclic) bond motifs is 5. The molecule has 0 unspecified atom stereocenters. The third-order valence-corrected chi connectivity index (χ3v) is 14.1. The van der Waals surface area contributed by atoms with Crippen LogP contribution in [0, 0.1) is 6.33 Å². The van der Waals surface area contributed by atoms with Crippen LogP contribution in [-0.2, 0) is 10.8 Å². The molecule has 0 saturated carbocycles. The fourth-order valence-electron chi connectivity index (χ4n) is 10.2. The van der Waals surface area contributed by atoms with Crippen LogP contribution in [0.2, 0.25) is 0 Å². The van der Waals surface area contributed by atoms with Crippen LogP contribution in [0.4, 0.5) is 0 Å². The Bertz CT molecular complexity index is 4810. The van der Waals surface area contributed by atoms with Gasteiger partial charge < -0.3 is 9.15 Å². The van der Waals surface area contributed by atoms with Crippen molar-refractivity contribution < 1.29 is 27.4 Å². The van der Waals surface area contributed by atoms with Crippen LogP contribution in [-0.4, -0.2) is 14.1 Å². The molecule has 0 radical (unpaired) electrons. The van der Waals surface area contributed by atoms with Crippen molar-refractivity contribution in [2.75, 3.05) is 0 Å². The number of nitrogens with zero attached hydrogens (tertiary/aromatic N) is 4. The molecule has 0 aliphatic rings. The summed E-state index contributed by atoms with van der Waals surface area (Å²) in [5.74, 6) is 1.72. The maximum atomic E-state index is 9.21. The van der Waals surface area contributed by atoms with Crippen LogP contribution in [0.25, 0.3) is 106 Å². The molecule has 0 aliphatic heterocycles. The second-order valence-electron chi connectivity index (χ2n) is 21.1. The van der Waals surface area contributed by atoms with E-state index in [1.165, 1.54) is 5.56 Å². The van der Waals surface area contributed by atoms with Crippen LogP contribution in [0.15, 0.2) is 235 Å². The maximum absolute atomic E-state index is 9.21. The standard InChI is InChI=1S/C70H56N4O2/c1-69(2,3)50-37-38-60(57(42-50)48-27-14-9-15-28-48)74-61-33-18-17-32-59(61)71-68(74)49-39-51(70(4,5)6)41-52(40-49)75-53-43-58-56-29-16-21-36-65(56)76-67(58)64(44-53)72-45-73(63-35-20-19-34-62(63)72)66-54(46-23-10-7-11-24-46)30-22-31-55(66)47-25-12-8-13-26-47/h7-44H,1-6H3/i7D,8D,10D,11D,12D,13D,23D,24D,25D,26D. The van der Waals surface area contributed by atoms with E-state index in [1.54, 1.807) is 27.3 Å². The zero-order valence-corrected chi connectivity index (χ0v) is 42.8. The summed E-state index contributed by atoms with van der Waals surface area (Å²) in [6, 6.07) is 49.9. The fourth-order valence-corrected chi connectivity index (χ4v) is 10.2. The van der Waals surface area contributed by atoms with E-state index in [-0.39, 0.29) is 38.8 Å². The Morgan fingerprint density at radius 3 is 1.88 bits per heavy atom. The summed E-state index contributed by atoms with van der Waals surface area (Å²) in [5, 5.41) is 1.55. The number of hydrogen-bond acceptors (Lipinski definition) is 3. The highest BCUT2D eigenvalue weighted by Gasteiger charge is 2.26. The van der Waals surface area contributed by atoms with Gasteiger partial charge in [-0.25, -0.2) is 4.98 Å². The summed E-state index contributed by atoms with van der Waals surface area (Å²) in [6.45, 7) is 13.2. The molecular weight excluding hydrogens is 929 g/mol. The molecule has 0 saturated heterocycles. The lowest BCUT2D eigenvalue weighted by atomic mass is 9.84. The van der Waals surface area contributed by atoms with Gasteiger partial charge in [0.15, 0.2) is 0 Å². The predicted molar refractivity (Wildman–Crippen MR) is 311 cm³/mol. The second-order valence-corrected chi connectivity index (χ2v) is 21.1. The monoisotopic (exact) mass is 995 g/mol. The fraction of sp³-hybridized carbons (Fsp3) is 0.114. The van der Waals surface area contributed by atoms with Gasteiger partial charge in [0.05, 0.1) is 47.1 Å². The normalized spacial score (nSPS) is 13.9. The van der Waals surface area contributed by atoms with E-state index < -0.39 is 60.4 Å². The highest BCUT2D eigenvalue weighted by molar-refractivity contribution is 6.08. The first-order chi connectivity index (χ1) is 41.1. The van der Waals surface area contributed by atoms with E-state index in [1.807, 2.05) is 91.0 Å². The van der Waals surface area contributed by atoms with Crippen molar-refractivity contribution >= 4 is 44.0 Å². The number of hydrogen-bond donors (Lipinski definition) is 0. The number of furan rings is 1. The molecule has 6 nitrogen and oxygen atoms in total. The van der Waals surface area contributed by atoms with Crippen LogP contribution in [0.1, 0.15) is 66.4 Å². The largest absolute Gasteiger partial charge is 0.460 e. The minimum absolute atomic E-state index is 0.113. The quantitative estimate of drug-likeness (QED) is 0.107. The number of imidazole rings is 2. The van der Waals surface area contributed by atoms with Gasteiger partial charge in [-0.2, -0.15) is 0 Å². The van der Waals surface area contributed by atoms with Crippen molar-refractivity contribution in [3.05, 3.63) is 248 Å². The van der Waals surface area contributed by atoms with Crippen molar-refractivity contribution in [2.24, 2.45) is 0 Å². The minimum atomic E-state index is -0.583. The van der Waals surface area contributed by atoms with Crippen molar-refractivity contribution in [1.29, 1.82) is 0 Å². The molecule has 10 aromatic carbocycles. The van der Waals surface area contributed by atoms with Gasteiger partial charge >= 0.3 is 0 Å². The van der Waals surface area contributed by atoms with Crippen LogP contribution in [0.3, 0.4) is 0 Å². The summed E-state index contributed by atoms with van der Waals surface area (Å²) < 4.78 is 108. The lowest BCUT2D eigenvalue weighted by Crippen LogP contribution is -2.31. The molecule has 0 aliphatic carbocycles. The van der Waals surface area contributed by atoms with E-state index in [4.69, 9.17) is 22.4 Å². The summed E-state index contributed by atoms with van der Waals surface area (Å²) in [4.78, 5) is 5.40. The average Bonchev–Trinajstić information content (AvgIpc) is 1.60. The summed E-state index contributed by atoms with van der Waals surface area (Å²) in [6.07, 6.45) is 3.55. The van der Waals surface area contributed by atoms with Crippen LogP contribution < -0.4 is 9.30 Å². The Kier molecular flexibility index (Phi) is 8.81. The Morgan fingerprint density at radius 2 is 1.16 bits per heavy atom. The predicted octanol–water partition coefficient (Wildman–Crippen LogP) is 18.0. The first-order valence-electron chi connectivity index (χ1n) is 30.3. The molecule has 13 rings (SSSR count). The van der Waals surface area contributed by atoms with Gasteiger partial charge in [-0.1, -0.05) is 211 Å². The number of aromatic nitrogens is 4. The van der Waals surface area contributed by atoms with Crippen molar-refractivity contribution in [1.82, 2.24) is 14.1 Å². The van der Waals surface area contributed by atoms with E-state index in [0.29, 0.717) is 39.4 Å². The topological polar surface area (TPSA) is 49.0 Å². The number of benzene rings is 10. The first-order valence-corrected chi connectivity index (χ1v) is 25.3. The number of ether oxygens (including phenoxy) is 1. The summed E-state index contributed by atoms with van der Waals surface area (Å²) in [7, 11) is 0. The van der Waals surface area contributed by atoms with Crippen molar-refractivity contribution in [3.8, 4) is 73.3 Å². The van der Waals surface area contributed by atoms with Crippen molar-refractivity contribution in [3.63, 3.8) is 0 Å². The van der Waals surface area contributed by atoms with Gasteiger partial charge in [-0.05, 0) is 110 Å². The van der Waals surface area contributed by atoms with Gasteiger partial charge in [-0.15, -0.1) is 0 Å². The van der Waals surface area contributed by atoms with E-state index in [2.05, 4.69) is 113 Å². The zero-order valence-electron chi connectivity index (χ0n) is 52.8. The van der Waals surface area contributed by atoms with E-state index in [0.717, 1.165) is 55.6 Å². The van der Waals surface area contributed by atoms with Gasteiger partial charge in [0.1, 0.15) is 34.2 Å². The molecular formula is C70H56N4O2. The Morgan fingerprint density at radius 1 is 0.513 bits per heavy atom. The number of para-hydroxylation sites is 6. The lowest BCUT2D eigenvalue weighted by molar-refractivity contribution is -0.571. The lowest BCUT2D eigenvalue weighted by Gasteiger charge is -2.24. The van der Waals surface area contributed by atoms with E-state index >= 15 is 0 Å². The third-order valence-electron chi connectivity index (χ3n) is 14.1. The molecule has 0 bridgehead atoms. The van der Waals surface area contributed by atoms with Gasteiger partial charge in [0, 0.05) is 21.9 Å². The van der Waals surface area contributed by atoms with Gasteiger partial charge in [-0.3, -0.25) is 13.7 Å². The molecule has 6 heteroatoms. The molecule has 13 aromatic rings. The van der Waals surface area contributed by atoms with Gasteiger partial charge in [0.25, 0.3) is 6.33 Å². The average molecular weight is 995 g/mol. The molecule has 368 valence electrons. The highest BCUT2D eigenvalue weighted by Crippen LogP contribution is 2.43. The molecule has 0 N–H and O–H groups in total. The molecule has 0 spiro atoms. The highest BCUT2D eigenvalue weighted by atomic mass is 16.5. The first kappa shape index (κ1) is 36.6. The number of rotatable bonds is 9. The summed E-state index contributed by atoms with van der Waals surface area (Å²) in [5.41, 5.74) is 10.2. The SMILES string of the molecule is [2H]c1c([2H])c([2H])c(-c2cccc(-c3c([2H])c([2H])c([2H])c([2H])c3[2H])c2-[n+]2[c-]n(-c3cc(Oc4cc(-c5nc6ccccc6n5-c5ccc(C(C)(C)C)cc5-c5ccccc5)cc(C(C)(C)C)c4)cc4c3oc3ccccc34)c3ccccc32)c([2H])c1[2H]. The Balaban J connectivity index is 1.05. The van der Waals surface area contributed by atoms with E-state index in [9.17, 15) is 5.48 Å². The second kappa shape index (κ2) is 18.3. The summed E-state index contributed by atoms with van der Waals surface area (Å²) >= 11 is 0. The Labute approximate surface area is 457 Å². The zero-order chi connectivity index (χ0) is 60.4.